The van der Waals surface area contributed by atoms with E-state index in [9.17, 15) is 22.8 Å². The Labute approximate surface area is 236 Å². The summed E-state index contributed by atoms with van der Waals surface area (Å²) in [6.45, 7) is 5.92. The number of carbonyl (C=O) groups excluding carboxylic acids is 2. The number of morpholine rings is 1. The normalized spacial score (nSPS) is 19.0. The standard InChI is InChI=1S/C31H31F3N2O5/c1-21-3-4-22(2)27(17-21)39-18-28(37)35-15-16-40-30(19-35)13-14-36(20-30)29(38)23-5-9-25(10-6-23)41-26-11-7-24(8-12-26)31(32,33)34/h3-12,17H,13-16,18-20H2,1-2H3. The van der Waals surface area contributed by atoms with Crippen LogP contribution in [0.2, 0.25) is 0 Å². The van der Waals surface area contributed by atoms with Crippen molar-refractivity contribution in [2.24, 2.45) is 0 Å². The maximum Gasteiger partial charge on any atom is 0.416 e. The molecule has 0 N–H and O–H groups in total. The van der Waals surface area contributed by atoms with Crippen LogP contribution < -0.4 is 9.47 Å². The Bertz CT molecular complexity index is 1410. The molecule has 216 valence electrons. The van der Waals surface area contributed by atoms with Gasteiger partial charge in [-0.05, 0) is 86.0 Å². The SMILES string of the molecule is Cc1ccc(C)c(OCC(=O)N2CCOC3(CCN(C(=O)c4ccc(Oc5ccc(C(F)(F)F)cc5)cc4)C3)C2)c1. The summed E-state index contributed by atoms with van der Waals surface area (Å²) < 4.78 is 55.9. The van der Waals surface area contributed by atoms with Crippen LogP contribution >= 0.6 is 0 Å². The molecule has 3 aromatic carbocycles. The van der Waals surface area contributed by atoms with Crippen LogP contribution in [-0.4, -0.2) is 66.6 Å². The number of amides is 2. The number of carbonyl (C=O) groups is 2. The summed E-state index contributed by atoms with van der Waals surface area (Å²) in [7, 11) is 0. The molecule has 1 spiro atoms. The zero-order valence-electron chi connectivity index (χ0n) is 22.9. The smallest absolute Gasteiger partial charge is 0.416 e. The van der Waals surface area contributed by atoms with Gasteiger partial charge < -0.3 is 24.0 Å². The molecule has 1 unspecified atom stereocenters. The van der Waals surface area contributed by atoms with Gasteiger partial charge in [-0.3, -0.25) is 9.59 Å². The van der Waals surface area contributed by atoms with Crippen molar-refractivity contribution in [3.8, 4) is 17.2 Å². The van der Waals surface area contributed by atoms with Crippen molar-refractivity contribution < 1.29 is 37.0 Å². The zero-order chi connectivity index (χ0) is 29.2. The number of benzene rings is 3. The summed E-state index contributed by atoms with van der Waals surface area (Å²) in [5.41, 5.74) is 1.09. The minimum atomic E-state index is -4.42. The van der Waals surface area contributed by atoms with Crippen LogP contribution in [0, 0.1) is 13.8 Å². The topological polar surface area (TPSA) is 68.3 Å². The molecule has 2 amide bonds. The number of alkyl halides is 3. The molecule has 0 aromatic heterocycles. The minimum Gasteiger partial charge on any atom is -0.483 e. The van der Waals surface area contributed by atoms with Gasteiger partial charge >= 0.3 is 6.18 Å². The Morgan fingerprint density at radius 2 is 1.56 bits per heavy atom. The van der Waals surface area contributed by atoms with Crippen LogP contribution in [0.15, 0.2) is 66.7 Å². The fourth-order valence-corrected chi connectivity index (χ4v) is 5.11. The molecule has 2 aliphatic rings. The summed E-state index contributed by atoms with van der Waals surface area (Å²) >= 11 is 0. The van der Waals surface area contributed by atoms with Crippen molar-refractivity contribution in [3.63, 3.8) is 0 Å². The third-order valence-corrected chi connectivity index (χ3v) is 7.42. The molecule has 2 heterocycles. The van der Waals surface area contributed by atoms with E-state index in [0.29, 0.717) is 56.3 Å². The lowest BCUT2D eigenvalue weighted by atomic mass is 10.0. The fourth-order valence-electron chi connectivity index (χ4n) is 5.11. The molecule has 0 radical (unpaired) electrons. The van der Waals surface area contributed by atoms with Gasteiger partial charge in [0.1, 0.15) is 22.8 Å². The highest BCUT2D eigenvalue weighted by atomic mass is 19.4. The van der Waals surface area contributed by atoms with Crippen LogP contribution in [-0.2, 0) is 15.7 Å². The first kappa shape index (κ1) is 28.5. The third kappa shape index (κ3) is 6.65. The first-order chi connectivity index (χ1) is 19.5. The van der Waals surface area contributed by atoms with E-state index in [0.717, 1.165) is 23.3 Å². The van der Waals surface area contributed by atoms with Gasteiger partial charge in [-0.2, -0.15) is 13.2 Å². The predicted molar refractivity (Wildman–Crippen MR) is 145 cm³/mol. The first-order valence-electron chi connectivity index (χ1n) is 13.4. The van der Waals surface area contributed by atoms with E-state index >= 15 is 0 Å². The lowest BCUT2D eigenvalue weighted by molar-refractivity contribution is -0.150. The average molecular weight is 569 g/mol. The molecule has 10 heteroatoms. The molecule has 2 aliphatic heterocycles. The number of rotatable bonds is 6. The number of aryl methyl sites for hydroxylation is 2. The van der Waals surface area contributed by atoms with Gasteiger partial charge in [0.05, 0.1) is 25.3 Å². The van der Waals surface area contributed by atoms with E-state index in [1.165, 1.54) is 12.1 Å². The van der Waals surface area contributed by atoms with Crippen molar-refractivity contribution in [1.82, 2.24) is 9.80 Å². The quantitative estimate of drug-likeness (QED) is 0.385. The van der Waals surface area contributed by atoms with E-state index in [1.54, 1.807) is 34.1 Å². The maximum atomic E-state index is 13.2. The number of likely N-dealkylation sites (tertiary alicyclic amines) is 1. The molecule has 1 atom stereocenters. The van der Waals surface area contributed by atoms with Crippen LogP contribution in [0.4, 0.5) is 13.2 Å². The van der Waals surface area contributed by atoms with E-state index < -0.39 is 17.3 Å². The number of ether oxygens (including phenoxy) is 3. The van der Waals surface area contributed by atoms with Crippen LogP contribution in [0.1, 0.15) is 33.5 Å². The first-order valence-corrected chi connectivity index (χ1v) is 13.4. The Hall–Kier alpha value is -4.05. The van der Waals surface area contributed by atoms with Crippen molar-refractivity contribution in [2.75, 3.05) is 39.4 Å². The van der Waals surface area contributed by atoms with Crippen LogP contribution in [0.5, 0.6) is 17.2 Å². The lowest BCUT2D eigenvalue weighted by Gasteiger charge is -2.40. The van der Waals surface area contributed by atoms with Crippen molar-refractivity contribution in [3.05, 3.63) is 89.0 Å². The molecule has 2 saturated heterocycles. The molecule has 41 heavy (non-hydrogen) atoms. The number of nitrogens with zero attached hydrogens (tertiary/aromatic N) is 2. The van der Waals surface area contributed by atoms with E-state index in [1.807, 2.05) is 32.0 Å². The second-order valence-corrected chi connectivity index (χ2v) is 10.5. The molecule has 5 rings (SSSR count). The Kier molecular flexibility index (Phi) is 7.95. The lowest BCUT2D eigenvalue weighted by Crippen LogP contribution is -2.56. The second kappa shape index (κ2) is 11.4. The van der Waals surface area contributed by atoms with Crippen molar-refractivity contribution in [2.45, 2.75) is 32.0 Å². The summed E-state index contributed by atoms with van der Waals surface area (Å²) in [4.78, 5) is 29.7. The third-order valence-electron chi connectivity index (χ3n) is 7.42. The Morgan fingerprint density at radius 3 is 2.24 bits per heavy atom. The number of hydrogen-bond acceptors (Lipinski definition) is 5. The maximum absolute atomic E-state index is 13.2. The minimum absolute atomic E-state index is 0.0656. The second-order valence-electron chi connectivity index (χ2n) is 10.5. The molecule has 2 fully saturated rings. The molecular weight excluding hydrogens is 537 g/mol. The molecule has 0 aliphatic carbocycles. The van der Waals surface area contributed by atoms with Crippen molar-refractivity contribution in [1.29, 1.82) is 0 Å². The van der Waals surface area contributed by atoms with Gasteiger partial charge in [-0.25, -0.2) is 0 Å². The zero-order valence-corrected chi connectivity index (χ0v) is 22.9. The van der Waals surface area contributed by atoms with Crippen LogP contribution in [0.3, 0.4) is 0 Å². The van der Waals surface area contributed by atoms with E-state index in [4.69, 9.17) is 14.2 Å². The highest BCUT2D eigenvalue weighted by Crippen LogP contribution is 2.33. The Morgan fingerprint density at radius 1 is 0.902 bits per heavy atom. The van der Waals surface area contributed by atoms with Gasteiger partial charge in [-0.15, -0.1) is 0 Å². The molecule has 0 bridgehead atoms. The summed E-state index contributed by atoms with van der Waals surface area (Å²) in [6, 6.07) is 16.7. The molecular formula is C31H31F3N2O5. The van der Waals surface area contributed by atoms with E-state index in [-0.39, 0.29) is 24.2 Å². The molecule has 3 aromatic rings. The van der Waals surface area contributed by atoms with Crippen molar-refractivity contribution >= 4 is 11.8 Å². The highest BCUT2D eigenvalue weighted by molar-refractivity contribution is 5.94. The van der Waals surface area contributed by atoms with Gasteiger partial charge in [0.2, 0.25) is 0 Å². The predicted octanol–water partition coefficient (Wildman–Crippen LogP) is 5.64. The average Bonchev–Trinajstić information content (AvgIpc) is 3.36. The van der Waals surface area contributed by atoms with Gasteiger partial charge in [-0.1, -0.05) is 12.1 Å². The van der Waals surface area contributed by atoms with Crippen LogP contribution in [0.25, 0.3) is 0 Å². The summed E-state index contributed by atoms with van der Waals surface area (Å²) in [5.74, 6) is 1.04. The summed E-state index contributed by atoms with van der Waals surface area (Å²) in [5, 5.41) is 0. The van der Waals surface area contributed by atoms with Gasteiger partial charge in [0.25, 0.3) is 11.8 Å². The van der Waals surface area contributed by atoms with E-state index in [2.05, 4.69) is 0 Å². The van der Waals surface area contributed by atoms with Gasteiger partial charge in [0, 0.05) is 18.7 Å². The largest absolute Gasteiger partial charge is 0.483 e. The monoisotopic (exact) mass is 568 g/mol. The molecule has 7 nitrogen and oxygen atoms in total. The van der Waals surface area contributed by atoms with Gasteiger partial charge in [0.15, 0.2) is 6.61 Å². The molecule has 0 saturated carbocycles. The highest BCUT2D eigenvalue weighted by Gasteiger charge is 2.45. The number of halogens is 3. The number of hydrogen-bond donors (Lipinski definition) is 0. The summed E-state index contributed by atoms with van der Waals surface area (Å²) in [6.07, 6.45) is -3.81. The fraction of sp³-hybridized carbons (Fsp3) is 0.355. The Balaban J connectivity index is 1.16.